The number of hydrogen-bond acceptors (Lipinski definition) is 3. The molecule has 16 heavy (non-hydrogen) atoms. The second kappa shape index (κ2) is 4.35. The summed E-state index contributed by atoms with van der Waals surface area (Å²) < 4.78 is 1.85. The van der Waals surface area contributed by atoms with Crippen molar-refractivity contribution in [3.8, 4) is 0 Å². The number of nitrogens with zero attached hydrogens (tertiary/aromatic N) is 3. The SMILES string of the molecule is Cc1ccc(CNc2cc(C)n(C)n2)nc1. The van der Waals surface area contributed by atoms with E-state index in [9.17, 15) is 0 Å². The lowest BCUT2D eigenvalue weighted by molar-refractivity contribution is 0.740. The maximum atomic E-state index is 4.33. The summed E-state index contributed by atoms with van der Waals surface area (Å²) in [5.74, 6) is 0.891. The van der Waals surface area contributed by atoms with Gasteiger partial charge in [0.2, 0.25) is 0 Å². The Hall–Kier alpha value is -1.84. The Morgan fingerprint density at radius 3 is 2.69 bits per heavy atom. The molecule has 0 amide bonds. The van der Waals surface area contributed by atoms with Crippen molar-refractivity contribution in [1.29, 1.82) is 0 Å². The van der Waals surface area contributed by atoms with Gasteiger partial charge in [0, 0.05) is 25.0 Å². The van der Waals surface area contributed by atoms with Crippen LogP contribution in [0.1, 0.15) is 17.0 Å². The van der Waals surface area contributed by atoms with Crippen LogP contribution in [0, 0.1) is 13.8 Å². The van der Waals surface area contributed by atoms with E-state index in [1.165, 1.54) is 5.56 Å². The van der Waals surface area contributed by atoms with Gasteiger partial charge in [-0.25, -0.2) is 0 Å². The summed E-state index contributed by atoms with van der Waals surface area (Å²) in [6, 6.07) is 6.11. The predicted octanol–water partition coefficient (Wildman–Crippen LogP) is 2.04. The summed E-state index contributed by atoms with van der Waals surface area (Å²) in [6.07, 6.45) is 1.88. The number of rotatable bonds is 3. The zero-order chi connectivity index (χ0) is 11.5. The molecule has 0 aliphatic rings. The van der Waals surface area contributed by atoms with Crippen LogP contribution in [-0.2, 0) is 13.6 Å². The van der Waals surface area contributed by atoms with E-state index >= 15 is 0 Å². The molecule has 0 radical (unpaired) electrons. The lowest BCUT2D eigenvalue weighted by Gasteiger charge is -2.02. The highest BCUT2D eigenvalue weighted by molar-refractivity contribution is 5.36. The Kier molecular flexibility index (Phi) is 2.90. The van der Waals surface area contributed by atoms with Gasteiger partial charge in [-0.2, -0.15) is 5.10 Å². The van der Waals surface area contributed by atoms with Gasteiger partial charge in [-0.05, 0) is 25.5 Å². The number of aromatic nitrogens is 3. The Morgan fingerprint density at radius 2 is 2.12 bits per heavy atom. The van der Waals surface area contributed by atoms with Crippen molar-refractivity contribution < 1.29 is 0 Å². The van der Waals surface area contributed by atoms with Crippen LogP contribution in [-0.4, -0.2) is 14.8 Å². The van der Waals surface area contributed by atoms with Crippen LogP contribution in [0.5, 0.6) is 0 Å². The summed E-state index contributed by atoms with van der Waals surface area (Å²) in [6.45, 7) is 4.77. The molecule has 84 valence electrons. The molecular weight excluding hydrogens is 200 g/mol. The predicted molar refractivity (Wildman–Crippen MR) is 64.2 cm³/mol. The van der Waals surface area contributed by atoms with Gasteiger partial charge in [-0.1, -0.05) is 6.07 Å². The summed E-state index contributed by atoms with van der Waals surface area (Å²) in [7, 11) is 1.94. The first-order chi connectivity index (χ1) is 7.65. The average Bonchev–Trinajstić information content (AvgIpc) is 2.58. The Bertz CT molecular complexity index is 451. The zero-order valence-electron chi connectivity index (χ0n) is 9.86. The molecule has 2 aromatic heterocycles. The molecule has 2 heterocycles. The summed E-state index contributed by atoms with van der Waals surface area (Å²) in [5, 5.41) is 7.57. The van der Waals surface area contributed by atoms with Crippen molar-refractivity contribution in [2.75, 3.05) is 5.32 Å². The zero-order valence-corrected chi connectivity index (χ0v) is 9.86. The fourth-order valence-electron chi connectivity index (χ4n) is 1.43. The average molecular weight is 216 g/mol. The molecule has 0 bridgehead atoms. The maximum Gasteiger partial charge on any atom is 0.148 e. The molecule has 2 rings (SSSR count). The third-order valence-corrected chi connectivity index (χ3v) is 2.54. The van der Waals surface area contributed by atoms with Crippen LogP contribution in [0.4, 0.5) is 5.82 Å². The molecule has 0 saturated heterocycles. The minimum Gasteiger partial charge on any atom is -0.363 e. The Morgan fingerprint density at radius 1 is 1.31 bits per heavy atom. The lowest BCUT2D eigenvalue weighted by atomic mass is 10.3. The molecular formula is C12H16N4. The Balaban J connectivity index is 1.99. The van der Waals surface area contributed by atoms with Crippen LogP contribution in [0.15, 0.2) is 24.4 Å². The quantitative estimate of drug-likeness (QED) is 0.853. The lowest BCUT2D eigenvalue weighted by Crippen LogP contribution is -2.02. The van der Waals surface area contributed by atoms with Crippen LogP contribution < -0.4 is 5.32 Å². The van der Waals surface area contributed by atoms with E-state index in [1.54, 1.807) is 0 Å². The standard InChI is InChI=1S/C12H16N4/c1-9-4-5-11(13-7-9)8-14-12-6-10(2)16(3)15-12/h4-7H,8H2,1-3H3,(H,14,15). The molecule has 0 aliphatic carbocycles. The molecule has 0 aliphatic heterocycles. The van der Waals surface area contributed by atoms with Crippen molar-refractivity contribution in [3.63, 3.8) is 0 Å². The molecule has 4 nitrogen and oxygen atoms in total. The third kappa shape index (κ3) is 2.39. The van der Waals surface area contributed by atoms with E-state index < -0.39 is 0 Å². The van der Waals surface area contributed by atoms with Crippen molar-refractivity contribution >= 4 is 5.82 Å². The number of hydrogen-bond donors (Lipinski definition) is 1. The van der Waals surface area contributed by atoms with E-state index in [1.807, 2.05) is 43.9 Å². The van der Waals surface area contributed by atoms with Gasteiger partial charge in [-0.15, -0.1) is 0 Å². The van der Waals surface area contributed by atoms with Crippen LogP contribution in [0.3, 0.4) is 0 Å². The number of anilines is 1. The van der Waals surface area contributed by atoms with E-state index in [-0.39, 0.29) is 0 Å². The number of pyridine rings is 1. The first kappa shape index (κ1) is 10.7. The molecule has 1 N–H and O–H groups in total. The van der Waals surface area contributed by atoms with Gasteiger partial charge in [-0.3, -0.25) is 9.67 Å². The van der Waals surface area contributed by atoms with Gasteiger partial charge in [0.05, 0.1) is 12.2 Å². The van der Waals surface area contributed by atoms with Gasteiger partial charge < -0.3 is 5.32 Å². The highest BCUT2D eigenvalue weighted by Gasteiger charge is 2.00. The van der Waals surface area contributed by atoms with Crippen LogP contribution in [0.2, 0.25) is 0 Å². The summed E-state index contributed by atoms with van der Waals surface area (Å²) in [4.78, 5) is 4.33. The molecule has 0 aromatic carbocycles. The number of nitrogens with one attached hydrogen (secondary N) is 1. The van der Waals surface area contributed by atoms with Gasteiger partial charge in [0.25, 0.3) is 0 Å². The highest BCUT2D eigenvalue weighted by Crippen LogP contribution is 2.08. The molecule has 0 unspecified atom stereocenters. The largest absolute Gasteiger partial charge is 0.363 e. The molecule has 0 fully saturated rings. The van der Waals surface area contributed by atoms with Crippen molar-refractivity contribution in [3.05, 3.63) is 41.3 Å². The molecule has 0 atom stereocenters. The van der Waals surface area contributed by atoms with Crippen molar-refractivity contribution in [1.82, 2.24) is 14.8 Å². The minimum atomic E-state index is 0.705. The molecule has 4 heteroatoms. The fraction of sp³-hybridized carbons (Fsp3) is 0.333. The normalized spacial score (nSPS) is 10.4. The van der Waals surface area contributed by atoms with E-state index in [0.717, 1.165) is 17.2 Å². The smallest absolute Gasteiger partial charge is 0.148 e. The molecule has 2 aromatic rings. The van der Waals surface area contributed by atoms with Gasteiger partial charge in [0.1, 0.15) is 5.82 Å². The van der Waals surface area contributed by atoms with Crippen molar-refractivity contribution in [2.24, 2.45) is 7.05 Å². The third-order valence-electron chi connectivity index (χ3n) is 2.54. The number of aryl methyl sites for hydroxylation is 3. The molecule has 0 spiro atoms. The monoisotopic (exact) mass is 216 g/mol. The second-order valence-electron chi connectivity index (χ2n) is 3.98. The van der Waals surface area contributed by atoms with E-state index in [0.29, 0.717) is 6.54 Å². The van der Waals surface area contributed by atoms with Gasteiger partial charge >= 0.3 is 0 Å². The summed E-state index contributed by atoms with van der Waals surface area (Å²) in [5.41, 5.74) is 3.34. The summed E-state index contributed by atoms with van der Waals surface area (Å²) >= 11 is 0. The first-order valence-corrected chi connectivity index (χ1v) is 5.31. The Labute approximate surface area is 95.3 Å². The van der Waals surface area contributed by atoms with E-state index in [2.05, 4.69) is 21.5 Å². The van der Waals surface area contributed by atoms with Crippen LogP contribution >= 0.6 is 0 Å². The minimum absolute atomic E-state index is 0.705. The fourth-order valence-corrected chi connectivity index (χ4v) is 1.43. The highest BCUT2D eigenvalue weighted by atomic mass is 15.3. The van der Waals surface area contributed by atoms with Gasteiger partial charge in [0.15, 0.2) is 0 Å². The topological polar surface area (TPSA) is 42.7 Å². The first-order valence-electron chi connectivity index (χ1n) is 5.31. The van der Waals surface area contributed by atoms with Crippen LogP contribution in [0.25, 0.3) is 0 Å². The molecule has 0 saturated carbocycles. The maximum absolute atomic E-state index is 4.33. The van der Waals surface area contributed by atoms with E-state index in [4.69, 9.17) is 0 Å². The second-order valence-corrected chi connectivity index (χ2v) is 3.98. The van der Waals surface area contributed by atoms with Crippen molar-refractivity contribution in [2.45, 2.75) is 20.4 Å².